The van der Waals surface area contributed by atoms with E-state index in [1.165, 1.54) is 0 Å². The molecular weight excluding hydrogens is 226 g/mol. The van der Waals surface area contributed by atoms with Crippen molar-refractivity contribution >= 4 is 15.6 Å². The Kier molecular flexibility index (Phi) is 7.58. The molecular formula is C11H23NO3S. The van der Waals surface area contributed by atoms with Gasteiger partial charge in [0.05, 0.1) is 11.8 Å². The Morgan fingerprint density at radius 3 is 2.38 bits per heavy atom. The van der Waals surface area contributed by atoms with Crippen LogP contribution in [-0.4, -0.2) is 32.3 Å². The number of carbonyl (C=O) groups excluding carboxylic acids is 1. The lowest BCUT2D eigenvalue weighted by Crippen LogP contribution is -2.32. The number of sulfone groups is 1. The number of hydrogen-bond acceptors (Lipinski definition) is 4. The van der Waals surface area contributed by atoms with Gasteiger partial charge in [0.25, 0.3) is 0 Å². The SMILES string of the molecule is CCCCCCC(=O)C(N)CCS(C)(=O)=O. The Morgan fingerprint density at radius 2 is 1.88 bits per heavy atom. The summed E-state index contributed by atoms with van der Waals surface area (Å²) < 4.78 is 21.8. The number of rotatable bonds is 9. The highest BCUT2D eigenvalue weighted by atomic mass is 32.2. The predicted molar refractivity (Wildman–Crippen MR) is 66.1 cm³/mol. The third-order valence-corrected chi connectivity index (χ3v) is 3.47. The fourth-order valence-electron chi connectivity index (χ4n) is 1.41. The summed E-state index contributed by atoms with van der Waals surface area (Å²) in [6.07, 6.45) is 6.04. The summed E-state index contributed by atoms with van der Waals surface area (Å²) >= 11 is 0. The van der Waals surface area contributed by atoms with E-state index >= 15 is 0 Å². The van der Waals surface area contributed by atoms with Crippen LogP contribution in [0, 0.1) is 0 Å². The summed E-state index contributed by atoms with van der Waals surface area (Å²) in [7, 11) is -3.01. The second-order valence-corrected chi connectivity index (χ2v) is 6.56. The first-order chi connectivity index (χ1) is 7.37. The van der Waals surface area contributed by atoms with E-state index in [0.29, 0.717) is 6.42 Å². The maximum absolute atomic E-state index is 11.5. The molecule has 1 unspecified atom stereocenters. The van der Waals surface area contributed by atoms with Gasteiger partial charge in [-0.1, -0.05) is 26.2 Å². The molecule has 0 amide bonds. The summed E-state index contributed by atoms with van der Waals surface area (Å²) in [6.45, 7) is 2.11. The van der Waals surface area contributed by atoms with Crippen molar-refractivity contribution in [1.29, 1.82) is 0 Å². The minimum atomic E-state index is -3.01. The van der Waals surface area contributed by atoms with Gasteiger partial charge in [0.2, 0.25) is 0 Å². The number of Topliss-reactive ketones (excluding diaryl/α,β-unsaturated/α-hetero) is 1. The van der Waals surface area contributed by atoms with Crippen LogP contribution in [0.1, 0.15) is 45.4 Å². The van der Waals surface area contributed by atoms with E-state index in [4.69, 9.17) is 5.73 Å². The maximum atomic E-state index is 11.5. The molecule has 0 spiro atoms. The molecule has 5 heteroatoms. The maximum Gasteiger partial charge on any atom is 0.149 e. The van der Waals surface area contributed by atoms with Crippen molar-refractivity contribution < 1.29 is 13.2 Å². The number of ketones is 1. The summed E-state index contributed by atoms with van der Waals surface area (Å²) in [6, 6.07) is -0.614. The summed E-state index contributed by atoms with van der Waals surface area (Å²) in [5.74, 6) is -0.0192. The topological polar surface area (TPSA) is 77.2 Å². The van der Waals surface area contributed by atoms with Crippen LogP contribution in [0.2, 0.25) is 0 Å². The highest BCUT2D eigenvalue weighted by molar-refractivity contribution is 7.90. The van der Waals surface area contributed by atoms with E-state index < -0.39 is 15.9 Å². The van der Waals surface area contributed by atoms with Gasteiger partial charge in [-0.15, -0.1) is 0 Å². The molecule has 0 aliphatic heterocycles. The average Bonchev–Trinajstić information content (AvgIpc) is 2.19. The first kappa shape index (κ1) is 15.6. The lowest BCUT2D eigenvalue weighted by Gasteiger charge is -2.09. The van der Waals surface area contributed by atoms with E-state index in [2.05, 4.69) is 6.92 Å². The third-order valence-electron chi connectivity index (χ3n) is 2.49. The zero-order valence-electron chi connectivity index (χ0n) is 10.2. The Morgan fingerprint density at radius 1 is 1.25 bits per heavy atom. The van der Waals surface area contributed by atoms with Gasteiger partial charge < -0.3 is 5.73 Å². The highest BCUT2D eigenvalue weighted by Gasteiger charge is 2.15. The van der Waals surface area contributed by atoms with Crippen molar-refractivity contribution in [2.45, 2.75) is 51.5 Å². The number of carbonyl (C=O) groups is 1. The molecule has 0 bridgehead atoms. The van der Waals surface area contributed by atoms with Gasteiger partial charge in [-0.2, -0.15) is 0 Å². The van der Waals surface area contributed by atoms with Crippen LogP contribution in [0.3, 0.4) is 0 Å². The molecule has 0 saturated heterocycles. The molecule has 0 aromatic carbocycles. The smallest absolute Gasteiger partial charge is 0.149 e. The zero-order valence-corrected chi connectivity index (χ0v) is 11.1. The van der Waals surface area contributed by atoms with Crippen molar-refractivity contribution in [3.63, 3.8) is 0 Å². The molecule has 1 atom stereocenters. The quantitative estimate of drug-likeness (QED) is 0.625. The van der Waals surface area contributed by atoms with Crippen LogP contribution in [0.4, 0.5) is 0 Å². The van der Waals surface area contributed by atoms with Gasteiger partial charge in [0.15, 0.2) is 0 Å². The van der Waals surface area contributed by atoms with Crippen molar-refractivity contribution in [3.8, 4) is 0 Å². The van der Waals surface area contributed by atoms with Gasteiger partial charge in [0, 0.05) is 12.7 Å². The van der Waals surface area contributed by atoms with Crippen LogP contribution in [-0.2, 0) is 14.6 Å². The average molecular weight is 249 g/mol. The number of unbranched alkanes of at least 4 members (excludes halogenated alkanes) is 3. The van der Waals surface area contributed by atoms with Crippen LogP contribution in [0.15, 0.2) is 0 Å². The van der Waals surface area contributed by atoms with Gasteiger partial charge in [-0.25, -0.2) is 8.42 Å². The van der Waals surface area contributed by atoms with Gasteiger partial charge in [-0.3, -0.25) is 4.79 Å². The van der Waals surface area contributed by atoms with Gasteiger partial charge in [0.1, 0.15) is 15.6 Å². The van der Waals surface area contributed by atoms with Crippen LogP contribution >= 0.6 is 0 Å². The van der Waals surface area contributed by atoms with E-state index in [1.54, 1.807) is 0 Å². The molecule has 0 aromatic heterocycles. The van der Waals surface area contributed by atoms with E-state index in [9.17, 15) is 13.2 Å². The second-order valence-electron chi connectivity index (χ2n) is 4.30. The standard InChI is InChI=1S/C11H23NO3S/c1-3-4-5-6-7-11(13)10(12)8-9-16(2,14)15/h10H,3-9,12H2,1-2H3. The third kappa shape index (κ3) is 8.85. The van der Waals surface area contributed by atoms with Crippen molar-refractivity contribution in [2.75, 3.05) is 12.0 Å². The van der Waals surface area contributed by atoms with E-state index in [1.807, 2.05) is 0 Å². The van der Waals surface area contributed by atoms with Gasteiger partial charge in [-0.05, 0) is 12.8 Å². The Labute approximate surface area is 98.5 Å². The summed E-state index contributed by atoms with van der Waals surface area (Å²) in [4.78, 5) is 11.5. The van der Waals surface area contributed by atoms with E-state index in [-0.39, 0.29) is 18.0 Å². The zero-order chi connectivity index (χ0) is 12.6. The first-order valence-electron chi connectivity index (χ1n) is 5.83. The summed E-state index contributed by atoms with van der Waals surface area (Å²) in [5.41, 5.74) is 5.63. The van der Waals surface area contributed by atoms with Crippen LogP contribution in [0.5, 0.6) is 0 Å². The summed E-state index contributed by atoms with van der Waals surface area (Å²) in [5, 5.41) is 0. The normalized spacial score (nSPS) is 13.7. The molecule has 0 aromatic rings. The fourth-order valence-corrected chi connectivity index (χ4v) is 2.10. The van der Waals surface area contributed by atoms with Crippen molar-refractivity contribution in [2.24, 2.45) is 5.73 Å². The Balaban J connectivity index is 3.74. The largest absolute Gasteiger partial charge is 0.321 e. The molecule has 0 aliphatic carbocycles. The van der Waals surface area contributed by atoms with E-state index in [0.717, 1.165) is 31.9 Å². The molecule has 0 saturated carbocycles. The van der Waals surface area contributed by atoms with Crippen LogP contribution < -0.4 is 5.73 Å². The second kappa shape index (κ2) is 7.79. The van der Waals surface area contributed by atoms with Crippen LogP contribution in [0.25, 0.3) is 0 Å². The molecule has 96 valence electrons. The molecule has 16 heavy (non-hydrogen) atoms. The molecule has 0 heterocycles. The Hall–Kier alpha value is -0.420. The van der Waals surface area contributed by atoms with Gasteiger partial charge >= 0.3 is 0 Å². The molecule has 0 fully saturated rings. The lowest BCUT2D eigenvalue weighted by molar-refractivity contribution is -0.120. The predicted octanol–water partition coefficient (Wildman–Crippen LogP) is 1.29. The van der Waals surface area contributed by atoms with Crippen molar-refractivity contribution in [3.05, 3.63) is 0 Å². The molecule has 0 aliphatic rings. The first-order valence-corrected chi connectivity index (χ1v) is 7.89. The minimum Gasteiger partial charge on any atom is -0.321 e. The molecule has 4 nitrogen and oxygen atoms in total. The molecule has 2 N–H and O–H groups in total. The fraction of sp³-hybridized carbons (Fsp3) is 0.909. The van der Waals surface area contributed by atoms with Crippen molar-refractivity contribution in [1.82, 2.24) is 0 Å². The molecule has 0 rings (SSSR count). The highest BCUT2D eigenvalue weighted by Crippen LogP contribution is 2.06. The lowest BCUT2D eigenvalue weighted by atomic mass is 10.0. The molecule has 0 radical (unpaired) electrons. The number of hydrogen-bond donors (Lipinski definition) is 1. The number of nitrogens with two attached hydrogens (primary N) is 1. The minimum absolute atomic E-state index is 0.00509. The Bertz CT molecular complexity index is 298. The monoisotopic (exact) mass is 249 g/mol.